The second-order valence-corrected chi connectivity index (χ2v) is 9.28. The number of hydrogen-bond acceptors (Lipinski definition) is 4. The average molecular weight is 487 g/mol. The van der Waals surface area contributed by atoms with Gasteiger partial charge in [0, 0.05) is 51.4 Å². The summed E-state index contributed by atoms with van der Waals surface area (Å²) in [5.41, 5.74) is 1.47. The first-order valence-electron chi connectivity index (χ1n) is 12.0. The molecule has 184 valence electrons. The van der Waals surface area contributed by atoms with Crippen molar-refractivity contribution in [2.24, 2.45) is 0 Å². The Labute approximate surface area is 208 Å². The second kappa shape index (κ2) is 9.89. The summed E-state index contributed by atoms with van der Waals surface area (Å²) >= 11 is 0. The van der Waals surface area contributed by atoms with E-state index in [1.165, 1.54) is 17.0 Å². The number of rotatable bonds is 7. The van der Waals surface area contributed by atoms with Crippen LogP contribution in [0, 0.1) is 5.82 Å². The van der Waals surface area contributed by atoms with Crippen molar-refractivity contribution in [2.45, 2.75) is 31.2 Å². The molecule has 2 aliphatic heterocycles. The molecule has 1 atom stereocenters. The molecule has 1 fully saturated rings. The number of imidazole rings is 1. The maximum Gasteiger partial charge on any atom is 0.240 e. The number of amides is 3. The van der Waals surface area contributed by atoms with Crippen molar-refractivity contribution in [3.8, 4) is 0 Å². The van der Waals surface area contributed by atoms with Gasteiger partial charge in [0.25, 0.3) is 0 Å². The maximum atomic E-state index is 13.7. The molecule has 36 heavy (non-hydrogen) atoms. The van der Waals surface area contributed by atoms with Crippen LogP contribution in [-0.4, -0.2) is 56.7 Å². The highest BCUT2D eigenvalue weighted by molar-refractivity contribution is 6.10. The third kappa shape index (κ3) is 4.58. The highest BCUT2D eigenvalue weighted by Crippen LogP contribution is 2.40. The molecule has 0 bridgehead atoms. The van der Waals surface area contributed by atoms with E-state index in [9.17, 15) is 18.8 Å². The second-order valence-electron chi connectivity index (χ2n) is 9.28. The lowest BCUT2D eigenvalue weighted by atomic mass is 9.75. The third-order valence-corrected chi connectivity index (χ3v) is 7.11. The number of carbonyl (C=O) groups is 3. The number of nitrogens with zero attached hydrogens (tertiary/aromatic N) is 4. The van der Waals surface area contributed by atoms with E-state index in [-0.39, 0.29) is 42.9 Å². The maximum absolute atomic E-state index is 13.7. The molecular formula is C28H27FN4O3. The number of benzene rings is 2. The molecule has 1 saturated heterocycles. The van der Waals surface area contributed by atoms with E-state index in [1.807, 2.05) is 41.0 Å². The third-order valence-electron chi connectivity index (χ3n) is 7.11. The van der Waals surface area contributed by atoms with Gasteiger partial charge < -0.3 is 9.47 Å². The van der Waals surface area contributed by atoms with Crippen LogP contribution in [0.1, 0.15) is 30.4 Å². The lowest BCUT2D eigenvalue weighted by molar-refractivity contribution is -0.142. The zero-order valence-electron chi connectivity index (χ0n) is 19.8. The van der Waals surface area contributed by atoms with Gasteiger partial charge in [-0.25, -0.2) is 9.37 Å². The van der Waals surface area contributed by atoms with Gasteiger partial charge in [0.15, 0.2) is 0 Å². The van der Waals surface area contributed by atoms with E-state index in [1.54, 1.807) is 35.8 Å². The number of carbonyl (C=O) groups excluding carboxylic acids is 3. The van der Waals surface area contributed by atoms with E-state index in [4.69, 9.17) is 0 Å². The van der Waals surface area contributed by atoms with Crippen LogP contribution in [0.4, 0.5) is 4.39 Å². The van der Waals surface area contributed by atoms with Crippen LogP contribution < -0.4 is 0 Å². The molecule has 2 aliphatic rings. The molecular weight excluding hydrogens is 459 g/mol. The predicted molar refractivity (Wildman–Crippen MR) is 132 cm³/mol. The van der Waals surface area contributed by atoms with Gasteiger partial charge in [-0.3, -0.25) is 19.3 Å². The first-order valence-corrected chi connectivity index (χ1v) is 12.0. The van der Waals surface area contributed by atoms with E-state index in [0.717, 1.165) is 11.1 Å². The lowest BCUT2D eigenvalue weighted by Gasteiger charge is -2.32. The van der Waals surface area contributed by atoms with Crippen molar-refractivity contribution in [3.63, 3.8) is 0 Å². The van der Waals surface area contributed by atoms with E-state index in [2.05, 4.69) is 4.98 Å². The van der Waals surface area contributed by atoms with Gasteiger partial charge in [0.05, 0.1) is 11.7 Å². The zero-order chi connectivity index (χ0) is 25.1. The topological polar surface area (TPSA) is 75.5 Å². The molecule has 3 aromatic rings. The standard InChI is InChI=1S/C28H27FN4O3/c29-24-8-6-21(7-9-24)22-10-13-32(14-11-22)25(34)18-28(23-4-2-1-3-5-23)19-26(35)33(27(28)36)17-16-31-15-12-30-20-31/h1-10,12,15,20H,11,13-14,16-19H2. The molecule has 8 heteroatoms. The molecule has 3 amide bonds. The van der Waals surface area contributed by atoms with Gasteiger partial charge in [-0.15, -0.1) is 0 Å². The summed E-state index contributed by atoms with van der Waals surface area (Å²) in [5, 5.41) is 0. The minimum Gasteiger partial charge on any atom is -0.339 e. The number of halogens is 1. The van der Waals surface area contributed by atoms with Crippen LogP contribution in [0.5, 0.6) is 0 Å². The summed E-state index contributed by atoms with van der Waals surface area (Å²) in [6.07, 6.45) is 7.59. The van der Waals surface area contributed by atoms with Crippen molar-refractivity contribution < 1.29 is 18.8 Å². The van der Waals surface area contributed by atoms with Gasteiger partial charge in [-0.2, -0.15) is 0 Å². The summed E-state index contributed by atoms with van der Waals surface area (Å²) in [6, 6.07) is 15.5. The quantitative estimate of drug-likeness (QED) is 0.480. The first kappa shape index (κ1) is 23.7. The fraction of sp³-hybridized carbons (Fsp3) is 0.286. The highest BCUT2D eigenvalue weighted by atomic mass is 19.1. The zero-order valence-corrected chi connectivity index (χ0v) is 19.8. The Morgan fingerprint density at radius 3 is 2.47 bits per heavy atom. The van der Waals surface area contributed by atoms with Gasteiger partial charge in [0.2, 0.25) is 17.7 Å². The van der Waals surface area contributed by atoms with Gasteiger partial charge in [-0.05, 0) is 35.3 Å². The van der Waals surface area contributed by atoms with Crippen molar-refractivity contribution in [1.82, 2.24) is 19.4 Å². The minimum absolute atomic E-state index is 0.0317. The summed E-state index contributed by atoms with van der Waals surface area (Å²) in [6.45, 7) is 1.58. The summed E-state index contributed by atoms with van der Waals surface area (Å²) < 4.78 is 15.1. The van der Waals surface area contributed by atoms with Crippen molar-refractivity contribution in [1.29, 1.82) is 0 Å². The van der Waals surface area contributed by atoms with Crippen molar-refractivity contribution in [2.75, 3.05) is 19.6 Å². The molecule has 0 saturated carbocycles. The van der Waals surface area contributed by atoms with Crippen LogP contribution in [0.3, 0.4) is 0 Å². The molecule has 0 radical (unpaired) electrons. The van der Waals surface area contributed by atoms with Crippen LogP contribution >= 0.6 is 0 Å². The molecule has 2 aromatic carbocycles. The first-order chi connectivity index (χ1) is 17.5. The Bertz CT molecular complexity index is 1290. The smallest absolute Gasteiger partial charge is 0.240 e. The molecule has 0 spiro atoms. The molecule has 0 aliphatic carbocycles. The SMILES string of the molecule is O=C(CC1(c2ccccc2)CC(=O)N(CCn2ccnc2)C1=O)N1CC=C(c2ccc(F)cc2)CC1. The highest BCUT2D eigenvalue weighted by Gasteiger charge is 2.53. The Morgan fingerprint density at radius 2 is 1.81 bits per heavy atom. The molecule has 3 heterocycles. The van der Waals surface area contributed by atoms with Gasteiger partial charge in [0.1, 0.15) is 5.82 Å². The number of aromatic nitrogens is 2. The number of hydrogen-bond donors (Lipinski definition) is 0. The van der Waals surface area contributed by atoms with Crippen LogP contribution in [0.15, 0.2) is 79.4 Å². The fourth-order valence-electron chi connectivity index (χ4n) is 5.08. The Hall–Kier alpha value is -4.07. The summed E-state index contributed by atoms with van der Waals surface area (Å²) in [4.78, 5) is 47.3. The molecule has 1 aromatic heterocycles. The van der Waals surface area contributed by atoms with Crippen LogP contribution in [0.25, 0.3) is 5.57 Å². The van der Waals surface area contributed by atoms with Crippen molar-refractivity contribution >= 4 is 23.3 Å². The Balaban J connectivity index is 1.34. The molecule has 1 unspecified atom stereocenters. The van der Waals surface area contributed by atoms with E-state index >= 15 is 0 Å². The minimum atomic E-state index is -1.22. The normalized spacial score (nSPS) is 20.1. The Morgan fingerprint density at radius 1 is 1.03 bits per heavy atom. The summed E-state index contributed by atoms with van der Waals surface area (Å²) in [7, 11) is 0. The summed E-state index contributed by atoms with van der Waals surface area (Å²) in [5.74, 6) is -1.04. The average Bonchev–Trinajstić information content (AvgIpc) is 3.50. The Kier molecular flexibility index (Phi) is 6.50. The fourth-order valence-corrected chi connectivity index (χ4v) is 5.08. The molecule has 7 nitrogen and oxygen atoms in total. The number of imide groups is 1. The van der Waals surface area contributed by atoms with E-state index < -0.39 is 5.41 Å². The monoisotopic (exact) mass is 486 g/mol. The predicted octanol–water partition coefficient (Wildman–Crippen LogP) is 3.43. The van der Waals surface area contributed by atoms with Gasteiger partial charge in [-0.1, -0.05) is 48.5 Å². The van der Waals surface area contributed by atoms with Crippen LogP contribution in [0.2, 0.25) is 0 Å². The lowest BCUT2D eigenvalue weighted by Crippen LogP contribution is -2.44. The molecule has 5 rings (SSSR count). The number of likely N-dealkylation sites (tertiary alicyclic amines) is 1. The van der Waals surface area contributed by atoms with E-state index in [0.29, 0.717) is 31.6 Å². The molecule has 0 N–H and O–H groups in total. The van der Waals surface area contributed by atoms with Crippen molar-refractivity contribution in [3.05, 3.63) is 96.3 Å². The van der Waals surface area contributed by atoms with Crippen LogP contribution in [-0.2, 0) is 26.3 Å². The largest absolute Gasteiger partial charge is 0.339 e. The van der Waals surface area contributed by atoms with Gasteiger partial charge >= 0.3 is 0 Å².